The molecular weight excluding hydrogens is 432 g/mol. The fraction of sp³-hybridized carbons (Fsp3) is 0.375. The minimum atomic E-state index is -0.541. The molecule has 1 unspecified atom stereocenters. The van der Waals surface area contributed by atoms with Crippen LogP contribution in [0.3, 0.4) is 0 Å². The summed E-state index contributed by atoms with van der Waals surface area (Å²) in [5.41, 5.74) is 2.68. The lowest BCUT2D eigenvalue weighted by molar-refractivity contribution is 0.0206. The van der Waals surface area contributed by atoms with Gasteiger partial charge in [-0.3, -0.25) is 0 Å². The maximum absolute atomic E-state index is 12.6. The summed E-state index contributed by atoms with van der Waals surface area (Å²) < 4.78 is 7.20. The number of hydrogen-bond acceptors (Lipinski definition) is 7. The molecule has 0 radical (unpaired) electrons. The normalized spacial score (nSPS) is 16.5. The summed E-state index contributed by atoms with van der Waals surface area (Å²) in [4.78, 5) is 26.6. The molecular formula is C24H26N8O2. The van der Waals surface area contributed by atoms with Crippen molar-refractivity contribution < 1.29 is 9.53 Å². The summed E-state index contributed by atoms with van der Waals surface area (Å²) in [6.45, 7) is 6.77. The molecule has 34 heavy (non-hydrogen) atoms. The van der Waals surface area contributed by atoms with Crippen molar-refractivity contribution in [2.24, 2.45) is 0 Å². The fourth-order valence-electron chi connectivity index (χ4n) is 4.25. The Morgan fingerprint density at radius 1 is 1.38 bits per heavy atom. The van der Waals surface area contributed by atoms with Crippen molar-refractivity contribution in [3.05, 3.63) is 42.4 Å². The number of aromatic nitrogens is 5. The number of carbonyl (C=O) groups is 1. The van der Waals surface area contributed by atoms with Gasteiger partial charge in [0.05, 0.1) is 11.9 Å². The van der Waals surface area contributed by atoms with Gasteiger partial charge in [-0.1, -0.05) is 0 Å². The van der Waals surface area contributed by atoms with Crippen LogP contribution in [0.15, 0.2) is 36.8 Å². The van der Waals surface area contributed by atoms with E-state index in [1.54, 1.807) is 15.6 Å². The predicted molar refractivity (Wildman–Crippen MR) is 127 cm³/mol. The summed E-state index contributed by atoms with van der Waals surface area (Å²) in [7, 11) is 0. The van der Waals surface area contributed by atoms with E-state index in [0.29, 0.717) is 35.8 Å². The van der Waals surface area contributed by atoms with Crippen molar-refractivity contribution in [2.75, 3.05) is 18.4 Å². The largest absolute Gasteiger partial charge is 0.444 e. The minimum absolute atomic E-state index is 0.000843. The van der Waals surface area contributed by atoms with Crippen molar-refractivity contribution in [3.8, 4) is 17.3 Å². The Labute approximate surface area is 196 Å². The van der Waals surface area contributed by atoms with Gasteiger partial charge in [-0.25, -0.2) is 14.8 Å². The van der Waals surface area contributed by atoms with Gasteiger partial charge in [-0.15, -0.1) is 0 Å². The number of pyridine rings is 1. The van der Waals surface area contributed by atoms with Crippen molar-refractivity contribution in [3.63, 3.8) is 0 Å². The molecule has 0 aliphatic carbocycles. The molecule has 0 spiro atoms. The second kappa shape index (κ2) is 8.33. The average molecular weight is 459 g/mol. The molecule has 5 heterocycles. The Bertz CT molecular complexity index is 1410. The summed E-state index contributed by atoms with van der Waals surface area (Å²) in [5, 5.41) is 18.4. The van der Waals surface area contributed by atoms with Gasteiger partial charge in [-0.2, -0.15) is 14.9 Å². The van der Waals surface area contributed by atoms with E-state index < -0.39 is 5.60 Å². The second-order valence-corrected chi connectivity index (χ2v) is 9.44. The van der Waals surface area contributed by atoms with E-state index in [0.717, 1.165) is 29.4 Å². The molecule has 1 saturated heterocycles. The van der Waals surface area contributed by atoms with Gasteiger partial charge in [0.2, 0.25) is 0 Å². The number of nitriles is 1. The molecule has 4 aromatic heterocycles. The molecule has 1 aliphatic rings. The number of fused-ring (bicyclic) bond motifs is 2. The second-order valence-electron chi connectivity index (χ2n) is 9.44. The Balaban J connectivity index is 1.49. The number of likely N-dealkylation sites (tertiary alicyclic amines) is 1. The summed E-state index contributed by atoms with van der Waals surface area (Å²) in [5.74, 6) is 0.704. The van der Waals surface area contributed by atoms with Gasteiger partial charge in [0, 0.05) is 48.5 Å². The number of hydrogen-bond donors (Lipinski definition) is 2. The number of nitrogens with zero attached hydrogens (tertiary/aromatic N) is 6. The molecule has 1 amide bonds. The first kappa shape index (κ1) is 21.7. The lowest BCUT2D eigenvalue weighted by atomic mass is 10.1. The third-order valence-corrected chi connectivity index (χ3v) is 5.74. The highest BCUT2D eigenvalue weighted by molar-refractivity contribution is 5.93. The number of piperidine rings is 1. The first-order chi connectivity index (χ1) is 16.3. The lowest BCUT2D eigenvalue weighted by Gasteiger charge is -2.34. The van der Waals surface area contributed by atoms with Crippen LogP contribution < -0.4 is 5.32 Å². The number of aromatic amines is 1. The maximum Gasteiger partial charge on any atom is 0.410 e. The number of ether oxygens (including phenoxy) is 1. The quantitative estimate of drug-likeness (QED) is 0.476. The van der Waals surface area contributed by atoms with E-state index >= 15 is 0 Å². The number of anilines is 1. The third-order valence-electron chi connectivity index (χ3n) is 5.74. The van der Waals surface area contributed by atoms with E-state index in [-0.39, 0.29) is 12.1 Å². The Hall–Kier alpha value is -4.13. The van der Waals surface area contributed by atoms with E-state index in [2.05, 4.69) is 26.5 Å². The van der Waals surface area contributed by atoms with Gasteiger partial charge in [0.1, 0.15) is 28.7 Å². The zero-order valence-electron chi connectivity index (χ0n) is 19.4. The molecule has 10 nitrogen and oxygen atoms in total. The van der Waals surface area contributed by atoms with Crippen LogP contribution in [-0.2, 0) is 4.74 Å². The highest BCUT2D eigenvalue weighted by Gasteiger charge is 2.28. The van der Waals surface area contributed by atoms with Crippen molar-refractivity contribution >= 4 is 28.6 Å². The van der Waals surface area contributed by atoms with E-state index in [9.17, 15) is 10.1 Å². The standard InChI is InChI=1S/C24H26N8O2/c1-24(2,3)34-23(33)31-9-5-6-16(14-31)29-20-10-19(30-22-15(11-25)12-28-32(20)22)18-13-27-21-17(18)7-4-8-26-21/h4,7-8,10,12-13,16,29H,5-6,9,14H2,1-3H3,(H,26,27). The Morgan fingerprint density at radius 2 is 2.24 bits per heavy atom. The van der Waals surface area contributed by atoms with Crippen LogP contribution in [-0.4, -0.2) is 60.3 Å². The number of H-pyrrole nitrogens is 1. The van der Waals surface area contributed by atoms with Gasteiger partial charge in [0.25, 0.3) is 0 Å². The molecule has 10 heteroatoms. The van der Waals surface area contributed by atoms with Crippen molar-refractivity contribution in [2.45, 2.75) is 45.3 Å². The number of nitrogens with one attached hydrogen (secondary N) is 2. The SMILES string of the molecule is CC(C)(C)OC(=O)N1CCCC(Nc2cc(-c3c[nH]c4ncccc34)nc3c(C#N)cnn23)C1. The molecule has 0 aromatic carbocycles. The first-order valence-electron chi connectivity index (χ1n) is 11.3. The highest BCUT2D eigenvalue weighted by atomic mass is 16.6. The Morgan fingerprint density at radius 3 is 3.03 bits per heavy atom. The topological polar surface area (TPSA) is 124 Å². The van der Waals surface area contributed by atoms with E-state index in [4.69, 9.17) is 9.72 Å². The average Bonchev–Trinajstić information content (AvgIpc) is 3.42. The maximum atomic E-state index is 12.6. The van der Waals surface area contributed by atoms with Crippen LogP contribution >= 0.6 is 0 Å². The molecule has 0 saturated carbocycles. The molecule has 174 valence electrons. The molecule has 5 rings (SSSR count). The smallest absolute Gasteiger partial charge is 0.410 e. The first-order valence-corrected chi connectivity index (χ1v) is 11.3. The molecule has 4 aromatic rings. The molecule has 0 bridgehead atoms. The van der Waals surface area contributed by atoms with Crippen LogP contribution in [0.2, 0.25) is 0 Å². The predicted octanol–water partition coefficient (Wildman–Crippen LogP) is 3.96. The van der Waals surface area contributed by atoms with Crippen LogP contribution in [0.25, 0.3) is 27.9 Å². The van der Waals surface area contributed by atoms with Crippen LogP contribution in [0.5, 0.6) is 0 Å². The van der Waals surface area contributed by atoms with Crippen molar-refractivity contribution in [1.29, 1.82) is 5.26 Å². The molecule has 1 fully saturated rings. The monoisotopic (exact) mass is 458 g/mol. The van der Waals surface area contributed by atoms with Gasteiger partial charge in [-0.05, 0) is 45.7 Å². The summed E-state index contributed by atoms with van der Waals surface area (Å²) in [6.07, 6.45) is 6.55. The summed E-state index contributed by atoms with van der Waals surface area (Å²) >= 11 is 0. The fourth-order valence-corrected chi connectivity index (χ4v) is 4.25. The van der Waals surface area contributed by atoms with Crippen LogP contribution in [0.4, 0.5) is 10.6 Å². The highest BCUT2D eigenvalue weighted by Crippen LogP contribution is 2.30. The zero-order valence-corrected chi connectivity index (χ0v) is 19.4. The van der Waals surface area contributed by atoms with Gasteiger partial charge in [0.15, 0.2) is 5.65 Å². The van der Waals surface area contributed by atoms with Gasteiger partial charge >= 0.3 is 6.09 Å². The minimum Gasteiger partial charge on any atom is -0.444 e. The van der Waals surface area contributed by atoms with E-state index in [1.807, 2.05) is 45.2 Å². The lowest BCUT2D eigenvalue weighted by Crippen LogP contribution is -2.47. The number of rotatable bonds is 3. The number of carbonyl (C=O) groups excluding carboxylic acids is 1. The molecule has 2 N–H and O–H groups in total. The van der Waals surface area contributed by atoms with E-state index in [1.165, 1.54) is 6.20 Å². The molecule has 1 aliphatic heterocycles. The van der Waals surface area contributed by atoms with Crippen LogP contribution in [0.1, 0.15) is 39.2 Å². The third kappa shape index (κ3) is 4.12. The van der Waals surface area contributed by atoms with Gasteiger partial charge < -0.3 is 19.9 Å². The number of amides is 1. The molecule has 1 atom stereocenters. The van der Waals surface area contributed by atoms with Crippen LogP contribution in [0, 0.1) is 11.3 Å². The van der Waals surface area contributed by atoms with Crippen molar-refractivity contribution in [1.82, 2.24) is 29.5 Å². The summed E-state index contributed by atoms with van der Waals surface area (Å²) in [6, 6.07) is 7.95. The zero-order chi connectivity index (χ0) is 23.9. The Kier molecular flexibility index (Phi) is 5.32.